The van der Waals surface area contributed by atoms with E-state index >= 15 is 0 Å². The van der Waals surface area contributed by atoms with Crippen LogP contribution < -0.4 is 4.74 Å². The fourth-order valence-electron chi connectivity index (χ4n) is 1.35. The van der Waals surface area contributed by atoms with Gasteiger partial charge in [0, 0.05) is 31.2 Å². The first-order valence-corrected chi connectivity index (χ1v) is 4.48. The van der Waals surface area contributed by atoms with E-state index in [4.69, 9.17) is 4.74 Å². The Kier molecular flexibility index (Phi) is 2.49. The Balaban J connectivity index is 2.17. The van der Waals surface area contributed by atoms with Crippen molar-refractivity contribution < 1.29 is 4.74 Å². The highest BCUT2D eigenvalue weighted by Crippen LogP contribution is 2.09. The summed E-state index contributed by atoms with van der Waals surface area (Å²) in [7, 11) is 1.63. The first kappa shape index (κ1) is 8.81. The van der Waals surface area contributed by atoms with Gasteiger partial charge in [0.15, 0.2) is 0 Å². The van der Waals surface area contributed by atoms with Crippen molar-refractivity contribution in [2.45, 2.75) is 6.54 Å². The Labute approximate surface area is 83.0 Å². The van der Waals surface area contributed by atoms with E-state index in [1.807, 2.05) is 36.7 Å². The third-order valence-electron chi connectivity index (χ3n) is 2.04. The second-order valence-corrected chi connectivity index (χ2v) is 3.06. The van der Waals surface area contributed by atoms with Crippen LogP contribution in [0.25, 0.3) is 0 Å². The smallest absolute Gasteiger partial charge is 0.213 e. The minimum atomic E-state index is 0.662. The molecule has 0 bridgehead atoms. The minimum Gasteiger partial charge on any atom is -0.481 e. The molecule has 72 valence electrons. The summed E-state index contributed by atoms with van der Waals surface area (Å²) in [6.45, 7) is 0.853. The Hall–Kier alpha value is -1.77. The number of ether oxygens (including phenoxy) is 1. The number of hydrogen-bond donors (Lipinski definition) is 0. The summed E-state index contributed by atoms with van der Waals surface area (Å²) in [4.78, 5) is 4.06. The van der Waals surface area contributed by atoms with Crippen molar-refractivity contribution in [2.75, 3.05) is 7.11 Å². The lowest BCUT2D eigenvalue weighted by Crippen LogP contribution is -1.97. The molecule has 0 N–H and O–H groups in total. The number of hydrogen-bond acceptors (Lipinski definition) is 2. The van der Waals surface area contributed by atoms with Gasteiger partial charge in [-0.1, -0.05) is 0 Å². The minimum absolute atomic E-state index is 0.662. The molecule has 2 aromatic rings. The molecule has 0 spiro atoms. The van der Waals surface area contributed by atoms with E-state index in [0.717, 1.165) is 6.54 Å². The van der Waals surface area contributed by atoms with Crippen LogP contribution in [0.4, 0.5) is 0 Å². The molecule has 14 heavy (non-hydrogen) atoms. The summed E-state index contributed by atoms with van der Waals surface area (Å²) in [5.41, 5.74) is 1.19. The lowest BCUT2D eigenvalue weighted by Gasteiger charge is -2.04. The normalized spacial score (nSPS) is 10.1. The average molecular weight is 188 g/mol. The number of methoxy groups -OCH3 is 1. The van der Waals surface area contributed by atoms with Crippen LogP contribution >= 0.6 is 0 Å². The zero-order chi connectivity index (χ0) is 9.80. The van der Waals surface area contributed by atoms with Crippen molar-refractivity contribution in [3.8, 4) is 5.88 Å². The van der Waals surface area contributed by atoms with Gasteiger partial charge in [-0.15, -0.1) is 0 Å². The van der Waals surface area contributed by atoms with Crippen molar-refractivity contribution in [1.29, 1.82) is 0 Å². The highest BCUT2D eigenvalue weighted by molar-refractivity contribution is 5.20. The molecule has 0 aliphatic carbocycles. The molecule has 0 saturated heterocycles. The van der Waals surface area contributed by atoms with Gasteiger partial charge in [0.1, 0.15) is 0 Å². The van der Waals surface area contributed by atoms with E-state index in [0.29, 0.717) is 5.88 Å². The monoisotopic (exact) mass is 188 g/mol. The fraction of sp³-hybridized carbons (Fsp3) is 0.182. The van der Waals surface area contributed by atoms with Gasteiger partial charge >= 0.3 is 0 Å². The topological polar surface area (TPSA) is 27.1 Å². The number of pyridine rings is 1. The van der Waals surface area contributed by atoms with Crippen LogP contribution in [0.1, 0.15) is 5.56 Å². The van der Waals surface area contributed by atoms with Crippen LogP contribution in [0.5, 0.6) is 5.88 Å². The lowest BCUT2D eigenvalue weighted by molar-refractivity contribution is 0.397. The molecule has 0 radical (unpaired) electrons. The van der Waals surface area contributed by atoms with Crippen molar-refractivity contribution in [3.05, 3.63) is 48.4 Å². The van der Waals surface area contributed by atoms with E-state index < -0.39 is 0 Å². The number of aromatic nitrogens is 2. The SMILES string of the molecule is COc1cc(Cn2cccc2)ccn1. The summed E-state index contributed by atoms with van der Waals surface area (Å²) in [6.07, 6.45) is 5.83. The molecule has 0 aromatic carbocycles. The number of rotatable bonds is 3. The summed E-state index contributed by atoms with van der Waals surface area (Å²) in [6, 6.07) is 7.96. The highest BCUT2D eigenvalue weighted by Gasteiger charge is 1.96. The molecule has 0 aliphatic heterocycles. The highest BCUT2D eigenvalue weighted by atomic mass is 16.5. The molecule has 2 heterocycles. The van der Waals surface area contributed by atoms with E-state index in [9.17, 15) is 0 Å². The third kappa shape index (κ3) is 1.93. The standard InChI is InChI=1S/C11H12N2O/c1-14-11-8-10(4-5-12-11)9-13-6-2-3-7-13/h2-8H,9H2,1H3. The Morgan fingerprint density at radius 1 is 1.36 bits per heavy atom. The van der Waals surface area contributed by atoms with E-state index in [2.05, 4.69) is 9.55 Å². The zero-order valence-corrected chi connectivity index (χ0v) is 8.05. The Morgan fingerprint density at radius 2 is 2.14 bits per heavy atom. The predicted octanol–water partition coefficient (Wildman–Crippen LogP) is 1.94. The molecular weight excluding hydrogens is 176 g/mol. The van der Waals surface area contributed by atoms with Crippen LogP contribution in [-0.4, -0.2) is 16.7 Å². The molecule has 0 saturated carbocycles. The summed E-state index contributed by atoms with van der Waals surface area (Å²) in [5.74, 6) is 0.662. The molecular formula is C11H12N2O. The first-order chi connectivity index (χ1) is 6.88. The van der Waals surface area contributed by atoms with Gasteiger partial charge in [-0.3, -0.25) is 0 Å². The van der Waals surface area contributed by atoms with E-state index in [-0.39, 0.29) is 0 Å². The predicted molar refractivity (Wildman–Crippen MR) is 54.3 cm³/mol. The van der Waals surface area contributed by atoms with Crippen LogP contribution in [-0.2, 0) is 6.54 Å². The van der Waals surface area contributed by atoms with Gasteiger partial charge < -0.3 is 9.30 Å². The van der Waals surface area contributed by atoms with Crippen molar-refractivity contribution in [2.24, 2.45) is 0 Å². The molecule has 2 rings (SSSR count). The van der Waals surface area contributed by atoms with Crippen molar-refractivity contribution >= 4 is 0 Å². The first-order valence-electron chi connectivity index (χ1n) is 4.48. The second kappa shape index (κ2) is 3.96. The van der Waals surface area contributed by atoms with Crippen molar-refractivity contribution in [1.82, 2.24) is 9.55 Å². The summed E-state index contributed by atoms with van der Waals surface area (Å²) >= 11 is 0. The largest absolute Gasteiger partial charge is 0.481 e. The Bertz CT molecular complexity index is 395. The van der Waals surface area contributed by atoms with Crippen LogP contribution in [0.3, 0.4) is 0 Å². The van der Waals surface area contributed by atoms with Gasteiger partial charge in [0.2, 0.25) is 5.88 Å². The van der Waals surface area contributed by atoms with Gasteiger partial charge in [-0.2, -0.15) is 0 Å². The molecule has 0 unspecified atom stereocenters. The van der Waals surface area contributed by atoms with Crippen molar-refractivity contribution in [3.63, 3.8) is 0 Å². The zero-order valence-electron chi connectivity index (χ0n) is 8.05. The molecule has 2 aromatic heterocycles. The Morgan fingerprint density at radius 3 is 2.86 bits per heavy atom. The van der Waals surface area contributed by atoms with Gasteiger partial charge in [0.25, 0.3) is 0 Å². The molecule has 0 atom stereocenters. The molecule has 0 amide bonds. The quantitative estimate of drug-likeness (QED) is 0.736. The van der Waals surface area contributed by atoms with Crippen LogP contribution in [0.15, 0.2) is 42.9 Å². The average Bonchev–Trinajstić information content (AvgIpc) is 2.71. The second-order valence-electron chi connectivity index (χ2n) is 3.06. The number of nitrogens with zero attached hydrogens (tertiary/aromatic N) is 2. The van der Waals surface area contributed by atoms with Crippen LogP contribution in [0, 0.1) is 0 Å². The third-order valence-corrected chi connectivity index (χ3v) is 2.04. The maximum Gasteiger partial charge on any atom is 0.213 e. The van der Waals surface area contributed by atoms with Gasteiger partial charge in [-0.25, -0.2) is 4.98 Å². The molecule has 3 nitrogen and oxygen atoms in total. The fourth-order valence-corrected chi connectivity index (χ4v) is 1.35. The maximum atomic E-state index is 5.05. The van der Waals surface area contributed by atoms with Gasteiger partial charge in [-0.05, 0) is 23.8 Å². The van der Waals surface area contributed by atoms with E-state index in [1.54, 1.807) is 13.3 Å². The molecule has 3 heteroatoms. The van der Waals surface area contributed by atoms with E-state index in [1.165, 1.54) is 5.56 Å². The molecule has 0 fully saturated rings. The molecule has 0 aliphatic rings. The lowest BCUT2D eigenvalue weighted by atomic mass is 10.2. The maximum absolute atomic E-state index is 5.05. The van der Waals surface area contributed by atoms with Crippen LogP contribution in [0.2, 0.25) is 0 Å². The summed E-state index contributed by atoms with van der Waals surface area (Å²) in [5, 5.41) is 0. The van der Waals surface area contributed by atoms with Gasteiger partial charge in [0.05, 0.1) is 7.11 Å². The summed E-state index contributed by atoms with van der Waals surface area (Å²) < 4.78 is 7.16.